The van der Waals surface area contributed by atoms with E-state index in [0.717, 1.165) is 0 Å². The van der Waals surface area contributed by atoms with Gasteiger partial charge in [-0.1, -0.05) is 18.2 Å². The molecule has 0 saturated heterocycles. The molecule has 7 heteroatoms. The fourth-order valence-electron chi connectivity index (χ4n) is 1.14. The molecule has 0 aliphatic heterocycles. The fourth-order valence-corrected chi connectivity index (χ4v) is 1.14. The number of nitrogens with one attached hydrogen (secondary N) is 3. The molecule has 2 aromatic rings. The normalized spacial score (nSPS) is 9.65. The van der Waals surface area contributed by atoms with Crippen molar-refractivity contribution in [3.05, 3.63) is 36.7 Å². The summed E-state index contributed by atoms with van der Waals surface area (Å²) in [5.41, 5.74) is 0.546. The number of benzene rings is 1. The average molecular weight is 231 g/mol. The summed E-state index contributed by atoms with van der Waals surface area (Å²) < 4.78 is 0. The highest BCUT2D eigenvalue weighted by Crippen LogP contribution is 2.04. The second-order valence-corrected chi connectivity index (χ2v) is 3.11. The highest BCUT2D eigenvalue weighted by atomic mass is 16.2. The van der Waals surface area contributed by atoms with Crippen molar-refractivity contribution in [2.24, 2.45) is 0 Å². The van der Waals surface area contributed by atoms with Crippen LogP contribution < -0.4 is 10.6 Å². The first-order valence-electron chi connectivity index (χ1n) is 4.78. The van der Waals surface area contributed by atoms with E-state index in [4.69, 9.17) is 0 Å². The van der Waals surface area contributed by atoms with E-state index in [9.17, 15) is 9.59 Å². The van der Waals surface area contributed by atoms with Gasteiger partial charge in [-0.3, -0.25) is 14.9 Å². The highest BCUT2D eigenvalue weighted by molar-refractivity contribution is 6.43. The van der Waals surface area contributed by atoms with Crippen LogP contribution in [0.4, 0.5) is 11.6 Å². The van der Waals surface area contributed by atoms with Crippen LogP contribution in [0.2, 0.25) is 0 Å². The van der Waals surface area contributed by atoms with E-state index in [-0.39, 0.29) is 5.95 Å². The number of carbonyl (C=O) groups excluding carboxylic acids is 2. The van der Waals surface area contributed by atoms with Gasteiger partial charge in [-0.2, -0.15) is 10.1 Å². The first-order valence-corrected chi connectivity index (χ1v) is 4.78. The molecule has 3 N–H and O–H groups in total. The fraction of sp³-hybridized carbons (Fsp3) is 0. The van der Waals surface area contributed by atoms with Crippen LogP contribution in [0.15, 0.2) is 36.7 Å². The Morgan fingerprint density at radius 3 is 2.41 bits per heavy atom. The predicted molar refractivity (Wildman–Crippen MR) is 60.1 cm³/mol. The maximum atomic E-state index is 11.5. The summed E-state index contributed by atoms with van der Waals surface area (Å²) in [4.78, 5) is 26.5. The molecule has 0 bridgehead atoms. The van der Waals surface area contributed by atoms with Gasteiger partial charge in [0.05, 0.1) is 0 Å². The molecule has 7 nitrogen and oxygen atoms in total. The predicted octanol–water partition coefficient (Wildman–Crippen LogP) is 0.382. The SMILES string of the molecule is O=C(Nc1ccccc1)C(=O)Nc1ncn[nH]1. The van der Waals surface area contributed by atoms with Gasteiger partial charge in [-0.15, -0.1) is 0 Å². The van der Waals surface area contributed by atoms with Gasteiger partial charge in [-0.05, 0) is 12.1 Å². The first-order chi connectivity index (χ1) is 8.25. The lowest BCUT2D eigenvalue weighted by molar-refractivity contribution is -0.133. The Morgan fingerprint density at radius 2 is 1.76 bits per heavy atom. The molecule has 0 saturated carbocycles. The molecule has 0 radical (unpaired) electrons. The Labute approximate surface area is 96.3 Å². The van der Waals surface area contributed by atoms with E-state index in [1.54, 1.807) is 24.3 Å². The second-order valence-electron chi connectivity index (χ2n) is 3.11. The number of aromatic amines is 1. The van der Waals surface area contributed by atoms with Gasteiger partial charge in [0.2, 0.25) is 5.95 Å². The number of hydrogen-bond acceptors (Lipinski definition) is 4. The third kappa shape index (κ3) is 2.88. The summed E-state index contributed by atoms with van der Waals surface area (Å²) in [6.07, 6.45) is 1.23. The van der Waals surface area contributed by atoms with Gasteiger partial charge >= 0.3 is 11.8 Å². The van der Waals surface area contributed by atoms with Crippen LogP contribution in [0.25, 0.3) is 0 Å². The molecule has 0 aliphatic carbocycles. The van der Waals surface area contributed by atoms with E-state index in [1.165, 1.54) is 6.33 Å². The number of hydrogen-bond donors (Lipinski definition) is 3. The number of H-pyrrole nitrogens is 1. The van der Waals surface area contributed by atoms with Crippen molar-refractivity contribution in [3.63, 3.8) is 0 Å². The van der Waals surface area contributed by atoms with Crippen LogP contribution in [0, 0.1) is 0 Å². The Morgan fingerprint density at radius 1 is 1.06 bits per heavy atom. The van der Waals surface area contributed by atoms with Crippen LogP contribution >= 0.6 is 0 Å². The number of aromatic nitrogens is 3. The Hall–Kier alpha value is -2.70. The van der Waals surface area contributed by atoms with Crippen LogP contribution in [-0.4, -0.2) is 27.0 Å². The summed E-state index contributed by atoms with van der Waals surface area (Å²) in [6.45, 7) is 0. The lowest BCUT2D eigenvalue weighted by atomic mass is 10.3. The summed E-state index contributed by atoms with van der Waals surface area (Å²) in [5, 5.41) is 10.7. The monoisotopic (exact) mass is 231 g/mol. The van der Waals surface area contributed by atoms with Crippen LogP contribution in [0.5, 0.6) is 0 Å². The van der Waals surface area contributed by atoms with Crippen molar-refractivity contribution >= 4 is 23.5 Å². The number of para-hydroxylation sites is 1. The van der Waals surface area contributed by atoms with Gasteiger partial charge in [-0.25, -0.2) is 5.10 Å². The smallest absolute Gasteiger partial charge is 0.316 e. The number of nitrogens with zero attached hydrogens (tertiary/aromatic N) is 2. The molecule has 2 amide bonds. The third-order valence-electron chi connectivity index (χ3n) is 1.88. The minimum Gasteiger partial charge on any atom is -0.318 e. The number of carbonyl (C=O) groups is 2. The van der Waals surface area contributed by atoms with Crippen LogP contribution in [0.1, 0.15) is 0 Å². The summed E-state index contributed by atoms with van der Waals surface area (Å²) in [7, 11) is 0. The molecule has 0 unspecified atom stereocenters. The lowest BCUT2D eigenvalue weighted by Gasteiger charge is -2.03. The second kappa shape index (κ2) is 4.88. The Bertz CT molecular complexity index is 509. The van der Waals surface area contributed by atoms with Gasteiger partial charge in [0.1, 0.15) is 6.33 Å². The van der Waals surface area contributed by atoms with Crippen LogP contribution in [-0.2, 0) is 9.59 Å². The largest absolute Gasteiger partial charge is 0.318 e. The quantitative estimate of drug-likeness (QED) is 0.650. The maximum Gasteiger partial charge on any atom is 0.316 e. The molecule has 0 aliphatic rings. The van der Waals surface area contributed by atoms with Gasteiger partial charge in [0, 0.05) is 5.69 Å². The van der Waals surface area contributed by atoms with Gasteiger partial charge in [0.25, 0.3) is 0 Å². The molecule has 2 rings (SSSR count). The van der Waals surface area contributed by atoms with E-state index < -0.39 is 11.8 Å². The van der Waals surface area contributed by atoms with Gasteiger partial charge < -0.3 is 5.32 Å². The molecule has 1 heterocycles. The van der Waals surface area contributed by atoms with Crippen molar-refractivity contribution in [1.82, 2.24) is 15.2 Å². The van der Waals surface area contributed by atoms with Gasteiger partial charge in [0.15, 0.2) is 0 Å². The molecule has 0 fully saturated rings. The lowest BCUT2D eigenvalue weighted by Crippen LogP contribution is -2.29. The molecule has 86 valence electrons. The molecule has 0 atom stereocenters. The zero-order chi connectivity index (χ0) is 12.1. The molecule has 1 aromatic carbocycles. The minimum absolute atomic E-state index is 0.123. The van der Waals surface area contributed by atoms with Crippen LogP contribution in [0.3, 0.4) is 0 Å². The number of anilines is 2. The topological polar surface area (TPSA) is 99.8 Å². The first kappa shape index (κ1) is 10.8. The molecule has 1 aromatic heterocycles. The van der Waals surface area contributed by atoms with Crippen molar-refractivity contribution in [2.45, 2.75) is 0 Å². The maximum absolute atomic E-state index is 11.5. The molecular formula is C10H9N5O2. The highest BCUT2D eigenvalue weighted by Gasteiger charge is 2.14. The summed E-state index contributed by atoms with van der Waals surface area (Å²) in [5.74, 6) is -1.46. The van der Waals surface area contributed by atoms with E-state index in [0.29, 0.717) is 5.69 Å². The number of rotatable bonds is 2. The van der Waals surface area contributed by atoms with Crippen molar-refractivity contribution < 1.29 is 9.59 Å². The zero-order valence-electron chi connectivity index (χ0n) is 8.68. The molecule has 17 heavy (non-hydrogen) atoms. The third-order valence-corrected chi connectivity index (χ3v) is 1.88. The number of amides is 2. The summed E-state index contributed by atoms with van der Waals surface area (Å²) >= 11 is 0. The molecule has 0 spiro atoms. The minimum atomic E-state index is -0.814. The van der Waals surface area contributed by atoms with Crippen molar-refractivity contribution in [3.8, 4) is 0 Å². The van der Waals surface area contributed by atoms with E-state index in [2.05, 4.69) is 25.8 Å². The standard InChI is InChI=1S/C10H9N5O2/c16-8(13-7-4-2-1-3-5-7)9(17)14-10-11-6-12-15-10/h1-6H,(H,13,16)(H2,11,12,14,15,17). The molecular weight excluding hydrogens is 222 g/mol. The van der Waals surface area contributed by atoms with Crippen molar-refractivity contribution in [2.75, 3.05) is 10.6 Å². The van der Waals surface area contributed by atoms with E-state index >= 15 is 0 Å². The van der Waals surface area contributed by atoms with E-state index in [1.807, 2.05) is 6.07 Å². The Kier molecular flexibility index (Phi) is 3.10. The Balaban J connectivity index is 1.94. The van der Waals surface area contributed by atoms with Crippen molar-refractivity contribution in [1.29, 1.82) is 0 Å². The average Bonchev–Trinajstić information content (AvgIpc) is 2.83. The summed E-state index contributed by atoms with van der Waals surface area (Å²) in [6, 6.07) is 8.68. The zero-order valence-corrected chi connectivity index (χ0v) is 8.68.